The van der Waals surface area contributed by atoms with Crippen LogP contribution in [0.4, 0.5) is 0 Å². The van der Waals surface area contributed by atoms with Gasteiger partial charge in [0.1, 0.15) is 11.9 Å². The fourth-order valence-corrected chi connectivity index (χ4v) is 2.43. The summed E-state index contributed by atoms with van der Waals surface area (Å²) >= 11 is 5.91. The number of hydrogen-bond acceptors (Lipinski definition) is 3. The monoisotopic (exact) mass is 268 g/mol. The van der Waals surface area contributed by atoms with E-state index >= 15 is 0 Å². The van der Waals surface area contributed by atoms with Crippen LogP contribution in [0, 0.1) is 0 Å². The van der Waals surface area contributed by atoms with Crippen molar-refractivity contribution < 1.29 is 9.53 Å². The molecule has 1 aliphatic rings. The molecule has 2 unspecified atom stereocenters. The molecule has 2 rings (SSSR count). The van der Waals surface area contributed by atoms with E-state index in [1.54, 1.807) is 18.2 Å². The summed E-state index contributed by atoms with van der Waals surface area (Å²) in [5.41, 5.74) is 11.6. The molecule has 1 fully saturated rings. The van der Waals surface area contributed by atoms with Crippen LogP contribution in [-0.2, 0) is 0 Å². The summed E-state index contributed by atoms with van der Waals surface area (Å²) in [7, 11) is 0. The lowest BCUT2D eigenvalue weighted by Gasteiger charge is -2.27. The zero-order valence-corrected chi connectivity index (χ0v) is 10.8. The van der Waals surface area contributed by atoms with Gasteiger partial charge in [0.05, 0.1) is 5.56 Å². The van der Waals surface area contributed by atoms with Crippen LogP contribution in [-0.4, -0.2) is 18.1 Å². The SMILES string of the molecule is NC(=O)c1ccc(Cl)cc1OC1CCCC(N)C1. The molecule has 4 nitrogen and oxygen atoms in total. The molecule has 2 atom stereocenters. The van der Waals surface area contributed by atoms with Crippen molar-refractivity contribution >= 4 is 17.5 Å². The summed E-state index contributed by atoms with van der Waals surface area (Å²) in [5, 5.41) is 0.523. The van der Waals surface area contributed by atoms with Crippen LogP contribution in [0.5, 0.6) is 5.75 Å². The summed E-state index contributed by atoms with van der Waals surface area (Å²) in [6.45, 7) is 0. The first-order valence-corrected chi connectivity index (χ1v) is 6.45. The zero-order valence-electron chi connectivity index (χ0n) is 10.1. The average Bonchev–Trinajstić information content (AvgIpc) is 2.28. The molecular weight excluding hydrogens is 252 g/mol. The van der Waals surface area contributed by atoms with Crippen molar-refractivity contribution in [1.29, 1.82) is 0 Å². The number of benzene rings is 1. The standard InChI is InChI=1S/C13H17ClN2O2/c14-8-4-5-11(13(16)17)12(6-8)18-10-3-1-2-9(15)7-10/h4-6,9-10H,1-3,7,15H2,(H2,16,17). The van der Waals surface area contributed by atoms with Gasteiger partial charge in [0.25, 0.3) is 5.91 Å². The number of primary amides is 1. The minimum Gasteiger partial charge on any atom is -0.489 e. The maximum Gasteiger partial charge on any atom is 0.252 e. The second-order valence-electron chi connectivity index (χ2n) is 4.67. The second kappa shape index (κ2) is 5.59. The first kappa shape index (κ1) is 13.2. The molecule has 0 heterocycles. The molecule has 1 amide bonds. The van der Waals surface area contributed by atoms with Gasteiger partial charge in [0, 0.05) is 11.1 Å². The smallest absolute Gasteiger partial charge is 0.252 e. The van der Waals surface area contributed by atoms with E-state index < -0.39 is 5.91 Å². The molecule has 1 aromatic carbocycles. The number of carbonyl (C=O) groups excluding carboxylic acids is 1. The quantitative estimate of drug-likeness (QED) is 0.881. The molecule has 1 aliphatic carbocycles. The fourth-order valence-electron chi connectivity index (χ4n) is 2.26. The van der Waals surface area contributed by atoms with Crippen LogP contribution >= 0.6 is 11.6 Å². The van der Waals surface area contributed by atoms with Crippen molar-refractivity contribution in [2.45, 2.75) is 37.8 Å². The van der Waals surface area contributed by atoms with E-state index in [0.717, 1.165) is 25.7 Å². The van der Waals surface area contributed by atoms with Gasteiger partial charge in [-0.15, -0.1) is 0 Å². The molecule has 18 heavy (non-hydrogen) atoms. The van der Waals surface area contributed by atoms with Crippen LogP contribution in [0.2, 0.25) is 5.02 Å². The van der Waals surface area contributed by atoms with Crippen LogP contribution in [0.15, 0.2) is 18.2 Å². The number of halogens is 1. The van der Waals surface area contributed by atoms with Gasteiger partial charge in [-0.3, -0.25) is 4.79 Å². The lowest BCUT2D eigenvalue weighted by atomic mass is 9.93. The van der Waals surface area contributed by atoms with Crippen molar-refractivity contribution in [2.24, 2.45) is 11.5 Å². The number of ether oxygens (including phenoxy) is 1. The molecule has 0 saturated heterocycles. The molecule has 98 valence electrons. The highest BCUT2D eigenvalue weighted by Gasteiger charge is 2.22. The van der Waals surface area contributed by atoms with Crippen LogP contribution in [0.1, 0.15) is 36.0 Å². The molecule has 4 N–H and O–H groups in total. The third-order valence-electron chi connectivity index (χ3n) is 3.17. The van der Waals surface area contributed by atoms with Gasteiger partial charge < -0.3 is 16.2 Å². The predicted octanol–water partition coefficient (Wildman–Crippen LogP) is 2.09. The minimum atomic E-state index is -0.512. The summed E-state index contributed by atoms with van der Waals surface area (Å²) < 4.78 is 5.83. The Morgan fingerprint density at radius 3 is 2.83 bits per heavy atom. The number of carbonyl (C=O) groups is 1. The van der Waals surface area contributed by atoms with E-state index in [9.17, 15) is 4.79 Å². The van der Waals surface area contributed by atoms with Crippen molar-refractivity contribution in [3.63, 3.8) is 0 Å². The lowest BCUT2D eigenvalue weighted by molar-refractivity contribution is 0.0986. The highest BCUT2D eigenvalue weighted by Crippen LogP contribution is 2.28. The lowest BCUT2D eigenvalue weighted by Crippen LogP contribution is -2.34. The molecule has 0 aliphatic heterocycles. The number of rotatable bonds is 3. The van der Waals surface area contributed by atoms with E-state index in [2.05, 4.69) is 0 Å². The van der Waals surface area contributed by atoms with Gasteiger partial charge in [-0.1, -0.05) is 11.6 Å². The second-order valence-corrected chi connectivity index (χ2v) is 5.11. The predicted molar refractivity (Wildman–Crippen MR) is 70.8 cm³/mol. The Bertz CT molecular complexity index is 451. The third-order valence-corrected chi connectivity index (χ3v) is 3.40. The molecular formula is C13H17ClN2O2. The van der Waals surface area contributed by atoms with Crippen LogP contribution in [0.3, 0.4) is 0 Å². The third kappa shape index (κ3) is 3.15. The van der Waals surface area contributed by atoms with Gasteiger partial charge in [-0.05, 0) is 43.9 Å². The fraction of sp³-hybridized carbons (Fsp3) is 0.462. The van der Waals surface area contributed by atoms with Gasteiger partial charge >= 0.3 is 0 Å². The largest absolute Gasteiger partial charge is 0.489 e. The Morgan fingerprint density at radius 2 is 2.17 bits per heavy atom. The Morgan fingerprint density at radius 1 is 1.39 bits per heavy atom. The molecule has 1 saturated carbocycles. The topological polar surface area (TPSA) is 78.3 Å². The van der Waals surface area contributed by atoms with Crippen molar-refractivity contribution in [3.8, 4) is 5.75 Å². The van der Waals surface area contributed by atoms with Crippen molar-refractivity contribution in [1.82, 2.24) is 0 Å². The van der Waals surface area contributed by atoms with Crippen molar-refractivity contribution in [2.75, 3.05) is 0 Å². The molecule has 0 bridgehead atoms. The maximum absolute atomic E-state index is 11.3. The summed E-state index contributed by atoms with van der Waals surface area (Å²) in [5.74, 6) is -0.0594. The van der Waals surface area contributed by atoms with E-state index in [1.807, 2.05) is 0 Å². The summed E-state index contributed by atoms with van der Waals surface area (Å²) in [4.78, 5) is 11.3. The molecule has 1 aromatic rings. The minimum absolute atomic E-state index is 0.0327. The van der Waals surface area contributed by atoms with Gasteiger partial charge in [-0.2, -0.15) is 0 Å². The molecule has 0 aromatic heterocycles. The van der Waals surface area contributed by atoms with E-state index in [-0.39, 0.29) is 12.1 Å². The first-order valence-electron chi connectivity index (χ1n) is 6.08. The number of nitrogens with two attached hydrogens (primary N) is 2. The van der Waals surface area contributed by atoms with Gasteiger partial charge in [0.15, 0.2) is 0 Å². The van der Waals surface area contributed by atoms with Crippen LogP contribution < -0.4 is 16.2 Å². The van der Waals surface area contributed by atoms with Gasteiger partial charge in [0.2, 0.25) is 0 Å². The average molecular weight is 269 g/mol. The Balaban J connectivity index is 2.16. The zero-order chi connectivity index (χ0) is 13.1. The van der Waals surface area contributed by atoms with Crippen molar-refractivity contribution in [3.05, 3.63) is 28.8 Å². The number of hydrogen-bond donors (Lipinski definition) is 2. The molecule has 0 spiro atoms. The normalized spacial score (nSPS) is 23.7. The maximum atomic E-state index is 11.3. The highest BCUT2D eigenvalue weighted by atomic mass is 35.5. The Labute approximate surface area is 111 Å². The van der Waals surface area contributed by atoms with E-state index in [0.29, 0.717) is 16.3 Å². The van der Waals surface area contributed by atoms with Crippen LogP contribution in [0.25, 0.3) is 0 Å². The van der Waals surface area contributed by atoms with E-state index in [1.165, 1.54) is 0 Å². The highest BCUT2D eigenvalue weighted by molar-refractivity contribution is 6.30. The summed E-state index contributed by atoms with van der Waals surface area (Å²) in [6, 6.07) is 5.01. The Hall–Kier alpha value is -1.26. The number of amides is 1. The van der Waals surface area contributed by atoms with E-state index in [4.69, 9.17) is 27.8 Å². The Kier molecular flexibility index (Phi) is 4.09. The summed E-state index contributed by atoms with van der Waals surface area (Å²) in [6.07, 6.45) is 3.84. The molecule has 5 heteroatoms. The van der Waals surface area contributed by atoms with Gasteiger partial charge in [-0.25, -0.2) is 0 Å². The first-order chi connectivity index (χ1) is 8.56. The molecule has 0 radical (unpaired) electrons.